The molecule has 60 valence electrons. The average molecular weight is 159 g/mol. The van der Waals surface area contributed by atoms with Gasteiger partial charge in [0, 0.05) is 0 Å². The maximum Gasteiger partial charge on any atom is 0.280 e. The first-order chi connectivity index (χ1) is 5.24. The fourth-order valence-corrected chi connectivity index (χ4v) is 0.653. The monoisotopic (exact) mass is 159 g/mol. The highest BCUT2D eigenvalue weighted by molar-refractivity contribution is 5.33. The van der Waals surface area contributed by atoms with Crippen molar-refractivity contribution >= 4 is 5.82 Å². The Morgan fingerprint density at radius 3 is 2.73 bits per heavy atom. The summed E-state index contributed by atoms with van der Waals surface area (Å²) in [6.07, 6.45) is -2.55. The molecule has 0 spiro atoms. The fourth-order valence-electron chi connectivity index (χ4n) is 0.653. The smallest absolute Gasteiger partial charge is 0.280 e. The van der Waals surface area contributed by atoms with Gasteiger partial charge in [0.1, 0.15) is 11.5 Å². The van der Waals surface area contributed by atoms with E-state index in [2.05, 4.69) is 10.4 Å². The van der Waals surface area contributed by atoms with E-state index < -0.39 is 6.43 Å². The molecule has 0 bridgehead atoms. The van der Waals surface area contributed by atoms with Gasteiger partial charge in [-0.15, -0.1) is 0 Å². The SMILES string of the molecule is NNc1cccc(C(F)F)n1. The van der Waals surface area contributed by atoms with E-state index in [1.807, 2.05) is 0 Å². The number of nitrogens with zero attached hydrogens (tertiary/aromatic N) is 1. The number of nitrogens with two attached hydrogens (primary N) is 1. The van der Waals surface area contributed by atoms with Gasteiger partial charge >= 0.3 is 0 Å². The van der Waals surface area contributed by atoms with Crippen LogP contribution in [0.5, 0.6) is 0 Å². The number of aromatic nitrogens is 1. The molecule has 0 fully saturated rings. The quantitative estimate of drug-likeness (QED) is 0.505. The molecule has 1 aromatic rings. The van der Waals surface area contributed by atoms with Crippen molar-refractivity contribution in [1.82, 2.24) is 4.98 Å². The minimum atomic E-state index is -2.55. The molecule has 1 aromatic heterocycles. The Morgan fingerprint density at radius 2 is 2.18 bits per heavy atom. The van der Waals surface area contributed by atoms with Gasteiger partial charge in [-0.2, -0.15) is 0 Å². The van der Waals surface area contributed by atoms with E-state index >= 15 is 0 Å². The second-order valence-electron chi connectivity index (χ2n) is 1.89. The Morgan fingerprint density at radius 1 is 1.45 bits per heavy atom. The number of nitrogens with one attached hydrogen (secondary N) is 1. The second-order valence-corrected chi connectivity index (χ2v) is 1.89. The summed E-state index contributed by atoms with van der Waals surface area (Å²) in [7, 11) is 0. The molecule has 3 nitrogen and oxygen atoms in total. The molecule has 0 aliphatic heterocycles. The summed E-state index contributed by atoms with van der Waals surface area (Å²) in [5.74, 6) is 5.20. The van der Waals surface area contributed by atoms with Crippen LogP contribution in [-0.2, 0) is 0 Å². The predicted molar refractivity (Wildman–Crippen MR) is 37.0 cm³/mol. The number of hydrazine groups is 1. The molecule has 0 radical (unpaired) electrons. The Labute approximate surface area is 62.2 Å². The zero-order valence-electron chi connectivity index (χ0n) is 5.59. The molecule has 0 amide bonds. The van der Waals surface area contributed by atoms with Crippen molar-refractivity contribution in [2.24, 2.45) is 5.84 Å². The summed E-state index contributed by atoms with van der Waals surface area (Å²) >= 11 is 0. The van der Waals surface area contributed by atoms with Crippen molar-refractivity contribution in [3.8, 4) is 0 Å². The molecule has 11 heavy (non-hydrogen) atoms. The van der Waals surface area contributed by atoms with Crippen LogP contribution in [0.3, 0.4) is 0 Å². The first kappa shape index (κ1) is 7.87. The Bertz CT molecular complexity index is 239. The maximum atomic E-state index is 12.0. The van der Waals surface area contributed by atoms with Crippen LogP contribution in [-0.4, -0.2) is 4.98 Å². The van der Waals surface area contributed by atoms with Gasteiger partial charge in [0.05, 0.1) is 0 Å². The van der Waals surface area contributed by atoms with Gasteiger partial charge in [0.15, 0.2) is 0 Å². The lowest BCUT2D eigenvalue weighted by molar-refractivity contribution is 0.146. The number of nitrogen functional groups attached to an aromatic ring is 1. The van der Waals surface area contributed by atoms with Crippen molar-refractivity contribution in [3.05, 3.63) is 23.9 Å². The lowest BCUT2D eigenvalue weighted by Crippen LogP contribution is -2.09. The minimum Gasteiger partial charge on any atom is -0.308 e. The molecule has 1 heterocycles. The van der Waals surface area contributed by atoms with Gasteiger partial charge in [-0.05, 0) is 12.1 Å². The van der Waals surface area contributed by atoms with Crippen LogP contribution < -0.4 is 11.3 Å². The number of anilines is 1. The van der Waals surface area contributed by atoms with Crippen molar-refractivity contribution in [2.75, 3.05) is 5.43 Å². The first-order valence-corrected chi connectivity index (χ1v) is 2.96. The van der Waals surface area contributed by atoms with Crippen LogP contribution in [0.15, 0.2) is 18.2 Å². The largest absolute Gasteiger partial charge is 0.308 e. The number of rotatable bonds is 2. The van der Waals surface area contributed by atoms with Gasteiger partial charge in [-0.1, -0.05) is 6.07 Å². The van der Waals surface area contributed by atoms with Gasteiger partial charge < -0.3 is 5.43 Å². The zero-order chi connectivity index (χ0) is 8.27. The first-order valence-electron chi connectivity index (χ1n) is 2.96. The molecule has 0 aliphatic carbocycles. The number of halogens is 2. The molecule has 3 N–H and O–H groups in total. The van der Waals surface area contributed by atoms with E-state index in [1.54, 1.807) is 0 Å². The number of pyridine rings is 1. The van der Waals surface area contributed by atoms with Crippen LogP contribution in [0.2, 0.25) is 0 Å². The van der Waals surface area contributed by atoms with Crippen LogP contribution in [0.25, 0.3) is 0 Å². The van der Waals surface area contributed by atoms with Crippen molar-refractivity contribution in [3.63, 3.8) is 0 Å². The van der Waals surface area contributed by atoms with Crippen LogP contribution in [0.1, 0.15) is 12.1 Å². The molecule has 5 heteroatoms. The Kier molecular flexibility index (Phi) is 2.32. The lowest BCUT2D eigenvalue weighted by atomic mass is 10.3. The highest BCUT2D eigenvalue weighted by Crippen LogP contribution is 2.16. The highest BCUT2D eigenvalue weighted by Gasteiger charge is 2.07. The third kappa shape index (κ3) is 1.84. The number of hydrogen-bond donors (Lipinski definition) is 2. The van der Waals surface area contributed by atoms with E-state index in [9.17, 15) is 8.78 Å². The van der Waals surface area contributed by atoms with Crippen LogP contribution in [0, 0.1) is 0 Å². The maximum absolute atomic E-state index is 12.0. The highest BCUT2D eigenvalue weighted by atomic mass is 19.3. The molecule has 1 rings (SSSR count). The van der Waals surface area contributed by atoms with Crippen LogP contribution >= 0.6 is 0 Å². The standard InChI is InChI=1S/C6H7F2N3/c7-6(8)4-2-1-3-5(10-4)11-9/h1-3,6H,9H2,(H,10,11). The summed E-state index contributed by atoms with van der Waals surface area (Å²) in [4.78, 5) is 3.50. The molecule has 0 aliphatic rings. The molecule has 0 saturated carbocycles. The molecular formula is C6H7F2N3. The van der Waals surface area contributed by atoms with Crippen LogP contribution in [0.4, 0.5) is 14.6 Å². The molecule has 0 atom stereocenters. The molecule has 0 saturated heterocycles. The topological polar surface area (TPSA) is 50.9 Å². The van der Waals surface area contributed by atoms with Gasteiger partial charge in [-0.3, -0.25) is 0 Å². The minimum absolute atomic E-state index is 0.239. The van der Waals surface area contributed by atoms with Crippen molar-refractivity contribution in [2.45, 2.75) is 6.43 Å². The third-order valence-corrected chi connectivity index (χ3v) is 1.14. The van der Waals surface area contributed by atoms with Crippen molar-refractivity contribution < 1.29 is 8.78 Å². The van der Waals surface area contributed by atoms with Crippen molar-refractivity contribution in [1.29, 1.82) is 0 Å². The Balaban J connectivity index is 2.91. The summed E-state index contributed by atoms with van der Waals surface area (Å²) in [6, 6.07) is 4.21. The molecular weight excluding hydrogens is 152 g/mol. The summed E-state index contributed by atoms with van der Waals surface area (Å²) in [5, 5.41) is 0. The third-order valence-electron chi connectivity index (χ3n) is 1.14. The number of hydrogen-bond acceptors (Lipinski definition) is 3. The van der Waals surface area contributed by atoms with Gasteiger partial charge in [0.2, 0.25) is 0 Å². The van der Waals surface area contributed by atoms with E-state index in [1.165, 1.54) is 18.2 Å². The second kappa shape index (κ2) is 3.25. The van der Waals surface area contributed by atoms with Gasteiger partial charge in [0.25, 0.3) is 6.43 Å². The Hall–Kier alpha value is -1.23. The lowest BCUT2D eigenvalue weighted by Gasteiger charge is -2.01. The van der Waals surface area contributed by atoms with E-state index in [-0.39, 0.29) is 11.5 Å². The summed E-state index contributed by atoms with van der Waals surface area (Å²) < 4.78 is 23.9. The molecule has 0 unspecified atom stereocenters. The van der Waals surface area contributed by atoms with E-state index in [0.717, 1.165) is 0 Å². The van der Waals surface area contributed by atoms with E-state index in [4.69, 9.17) is 5.84 Å². The molecule has 0 aromatic carbocycles. The summed E-state index contributed by atoms with van der Waals surface area (Å²) in [6.45, 7) is 0. The zero-order valence-corrected chi connectivity index (χ0v) is 5.59. The summed E-state index contributed by atoms with van der Waals surface area (Å²) in [5.41, 5.74) is 1.90. The normalized spacial score (nSPS) is 10.2. The van der Waals surface area contributed by atoms with E-state index in [0.29, 0.717) is 0 Å². The van der Waals surface area contributed by atoms with Gasteiger partial charge in [-0.25, -0.2) is 19.6 Å². The fraction of sp³-hybridized carbons (Fsp3) is 0.167. The average Bonchev–Trinajstić information content (AvgIpc) is 2.05. The number of alkyl halides is 2. The predicted octanol–water partition coefficient (Wildman–Crippen LogP) is 1.30.